The van der Waals surface area contributed by atoms with Crippen LogP contribution in [0.5, 0.6) is 0 Å². The minimum Gasteiger partial charge on any atom is -0.362 e. The summed E-state index contributed by atoms with van der Waals surface area (Å²) >= 11 is 11.9. The third-order valence-corrected chi connectivity index (χ3v) is 4.50. The van der Waals surface area contributed by atoms with E-state index in [0.29, 0.717) is 6.54 Å². The highest BCUT2D eigenvalue weighted by Gasteiger charge is 2.19. The number of amides is 2. The monoisotopic (exact) mass is 394 g/mol. The van der Waals surface area contributed by atoms with Gasteiger partial charge in [-0.2, -0.15) is 0 Å². The van der Waals surface area contributed by atoms with Gasteiger partial charge in [-0.1, -0.05) is 35.3 Å². The first kappa shape index (κ1) is 20.0. The Labute approximate surface area is 162 Å². The largest absolute Gasteiger partial charge is 0.362 e. The number of halogens is 2. The summed E-state index contributed by atoms with van der Waals surface area (Å²) in [5.74, 6) is -0.00392. The van der Waals surface area contributed by atoms with Gasteiger partial charge in [0.05, 0.1) is 15.6 Å². The van der Waals surface area contributed by atoms with E-state index < -0.39 is 11.9 Å². The second-order valence-corrected chi connectivity index (χ2v) is 6.68. The molecule has 2 N–H and O–H groups in total. The fraction of sp³-hybridized carbons (Fsp3) is 0.278. The highest BCUT2D eigenvalue weighted by molar-refractivity contribution is 6.43. The van der Waals surface area contributed by atoms with Gasteiger partial charge in [0.25, 0.3) is 5.91 Å². The lowest BCUT2D eigenvalue weighted by Crippen LogP contribution is -2.44. The fourth-order valence-electron chi connectivity index (χ4n) is 2.33. The zero-order valence-electron chi connectivity index (χ0n) is 14.7. The molecule has 0 radical (unpaired) electrons. The number of hydrogen-bond acceptors (Lipinski definition) is 4. The normalized spacial score (nSPS) is 11.6. The van der Waals surface area contributed by atoms with Gasteiger partial charge in [-0.05, 0) is 25.1 Å². The lowest BCUT2D eigenvalue weighted by Gasteiger charge is -2.18. The fourth-order valence-corrected chi connectivity index (χ4v) is 2.71. The van der Waals surface area contributed by atoms with Crippen LogP contribution in [0.4, 0.5) is 5.82 Å². The van der Waals surface area contributed by atoms with Crippen LogP contribution in [0.3, 0.4) is 0 Å². The number of hydrogen-bond donors (Lipinski definition) is 2. The number of carbonyl (C=O) groups is 2. The van der Waals surface area contributed by atoms with Crippen molar-refractivity contribution in [2.24, 2.45) is 0 Å². The van der Waals surface area contributed by atoms with Gasteiger partial charge < -0.3 is 15.5 Å². The Morgan fingerprint density at radius 1 is 1.19 bits per heavy atom. The van der Waals surface area contributed by atoms with Gasteiger partial charge in [0, 0.05) is 32.4 Å². The molecule has 2 amide bonds. The van der Waals surface area contributed by atoms with Crippen LogP contribution in [0.2, 0.25) is 10.0 Å². The number of pyridine rings is 1. The van der Waals surface area contributed by atoms with E-state index in [1.165, 1.54) is 0 Å². The Balaban J connectivity index is 1.98. The smallest absolute Gasteiger partial charge is 0.253 e. The molecule has 138 valence electrons. The van der Waals surface area contributed by atoms with E-state index in [2.05, 4.69) is 15.6 Å². The number of carbonyl (C=O) groups excluding carboxylic acids is 2. The maximum absolute atomic E-state index is 12.3. The molecule has 0 saturated heterocycles. The Bertz CT molecular complexity index is 812. The van der Waals surface area contributed by atoms with E-state index in [-0.39, 0.29) is 21.5 Å². The van der Waals surface area contributed by atoms with Gasteiger partial charge in [-0.3, -0.25) is 9.59 Å². The molecule has 1 aromatic carbocycles. The summed E-state index contributed by atoms with van der Waals surface area (Å²) in [6, 6.07) is 7.72. The Morgan fingerprint density at radius 2 is 1.92 bits per heavy atom. The molecule has 1 atom stereocenters. The first-order valence-corrected chi connectivity index (χ1v) is 8.70. The number of benzene rings is 1. The summed E-state index contributed by atoms with van der Waals surface area (Å²) in [5.41, 5.74) is 1.10. The predicted octanol–water partition coefficient (Wildman–Crippen LogP) is 2.89. The van der Waals surface area contributed by atoms with E-state index in [1.54, 1.807) is 37.4 Å². The van der Waals surface area contributed by atoms with Crippen LogP contribution < -0.4 is 15.5 Å². The van der Waals surface area contributed by atoms with E-state index in [4.69, 9.17) is 23.2 Å². The average molecular weight is 395 g/mol. The Kier molecular flexibility index (Phi) is 6.83. The zero-order valence-corrected chi connectivity index (χ0v) is 16.2. The maximum Gasteiger partial charge on any atom is 0.253 e. The first-order valence-electron chi connectivity index (χ1n) is 7.95. The molecule has 0 aliphatic carbocycles. The van der Waals surface area contributed by atoms with Crippen molar-refractivity contribution in [1.82, 2.24) is 15.6 Å². The molecule has 0 aliphatic rings. The van der Waals surface area contributed by atoms with E-state index in [1.807, 2.05) is 25.1 Å². The van der Waals surface area contributed by atoms with Crippen molar-refractivity contribution in [3.05, 3.63) is 57.7 Å². The van der Waals surface area contributed by atoms with Crippen molar-refractivity contribution in [2.45, 2.75) is 19.5 Å². The summed E-state index contributed by atoms with van der Waals surface area (Å²) in [7, 11) is 3.76. The molecule has 0 saturated carbocycles. The van der Waals surface area contributed by atoms with E-state index in [0.717, 1.165) is 11.4 Å². The van der Waals surface area contributed by atoms with Crippen LogP contribution in [0.1, 0.15) is 22.8 Å². The van der Waals surface area contributed by atoms with E-state index in [9.17, 15) is 9.59 Å². The third kappa shape index (κ3) is 4.86. The Hall–Kier alpha value is -2.31. The van der Waals surface area contributed by atoms with Crippen LogP contribution >= 0.6 is 23.2 Å². The molecule has 0 bridgehead atoms. The number of aromatic nitrogens is 1. The molecule has 8 heteroatoms. The molecule has 0 aliphatic heterocycles. The summed E-state index contributed by atoms with van der Waals surface area (Å²) in [6.45, 7) is 1.90. The second-order valence-electron chi connectivity index (χ2n) is 5.89. The average Bonchev–Trinajstić information content (AvgIpc) is 2.61. The van der Waals surface area contributed by atoms with E-state index >= 15 is 0 Å². The molecule has 0 fully saturated rings. The third-order valence-electron chi connectivity index (χ3n) is 3.68. The highest BCUT2D eigenvalue weighted by Crippen LogP contribution is 2.25. The number of anilines is 1. The Morgan fingerprint density at radius 3 is 2.62 bits per heavy atom. The predicted molar refractivity (Wildman–Crippen MR) is 104 cm³/mol. The van der Waals surface area contributed by atoms with Crippen LogP contribution in [0, 0.1) is 0 Å². The summed E-state index contributed by atoms with van der Waals surface area (Å²) < 4.78 is 0. The molecule has 1 aromatic heterocycles. The molecule has 0 spiro atoms. The van der Waals surface area contributed by atoms with Crippen molar-refractivity contribution in [2.75, 3.05) is 19.0 Å². The quantitative estimate of drug-likeness (QED) is 0.789. The van der Waals surface area contributed by atoms with Gasteiger partial charge in [-0.15, -0.1) is 0 Å². The minimum absolute atomic E-state index is 0.158. The van der Waals surface area contributed by atoms with Crippen LogP contribution in [-0.4, -0.2) is 36.9 Å². The summed E-state index contributed by atoms with van der Waals surface area (Å²) in [5, 5.41) is 5.85. The molecule has 2 rings (SSSR count). The maximum atomic E-state index is 12.3. The van der Waals surface area contributed by atoms with Crippen molar-refractivity contribution < 1.29 is 9.59 Å². The number of rotatable bonds is 6. The molecule has 2 aromatic rings. The zero-order chi connectivity index (χ0) is 19.3. The van der Waals surface area contributed by atoms with Gasteiger partial charge in [0.1, 0.15) is 11.9 Å². The van der Waals surface area contributed by atoms with Gasteiger partial charge >= 0.3 is 0 Å². The first-order chi connectivity index (χ1) is 12.3. The van der Waals surface area contributed by atoms with Gasteiger partial charge in [-0.25, -0.2) is 4.98 Å². The molecule has 6 nitrogen and oxygen atoms in total. The van der Waals surface area contributed by atoms with Crippen LogP contribution in [-0.2, 0) is 11.3 Å². The standard InChI is InChI=1S/C18H20Cl2N4O2/c1-11(23-18(26)13-7-4-8-14(19)15(13)20)17(25)22-10-12-6-5-9-21-16(12)24(2)3/h4-9,11H,10H2,1-3H3,(H,22,25)(H,23,26). The minimum atomic E-state index is -0.739. The van der Waals surface area contributed by atoms with Crippen molar-refractivity contribution >= 4 is 40.8 Å². The topological polar surface area (TPSA) is 74.3 Å². The van der Waals surface area contributed by atoms with Crippen LogP contribution in [0.25, 0.3) is 0 Å². The summed E-state index contributed by atoms with van der Waals surface area (Å²) in [4.78, 5) is 30.8. The highest BCUT2D eigenvalue weighted by atomic mass is 35.5. The van der Waals surface area contributed by atoms with Gasteiger partial charge in [0.2, 0.25) is 5.91 Å². The lowest BCUT2D eigenvalue weighted by molar-refractivity contribution is -0.122. The van der Waals surface area contributed by atoms with Crippen molar-refractivity contribution in [3.8, 4) is 0 Å². The van der Waals surface area contributed by atoms with Crippen molar-refractivity contribution in [3.63, 3.8) is 0 Å². The molecular formula is C18H20Cl2N4O2. The molecule has 1 heterocycles. The number of nitrogens with one attached hydrogen (secondary N) is 2. The molecule has 1 unspecified atom stereocenters. The number of nitrogens with zero attached hydrogens (tertiary/aromatic N) is 2. The van der Waals surface area contributed by atoms with Crippen molar-refractivity contribution in [1.29, 1.82) is 0 Å². The molecular weight excluding hydrogens is 375 g/mol. The van der Waals surface area contributed by atoms with Gasteiger partial charge in [0.15, 0.2) is 0 Å². The lowest BCUT2D eigenvalue weighted by atomic mass is 10.2. The summed E-state index contributed by atoms with van der Waals surface area (Å²) in [6.07, 6.45) is 1.69. The van der Waals surface area contributed by atoms with Crippen LogP contribution in [0.15, 0.2) is 36.5 Å². The SMILES string of the molecule is CC(NC(=O)c1cccc(Cl)c1Cl)C(=O)NCc1cccnc1N(C)C. The molecule has 26 heavy (non-hydrogen) atoms. The second kappa shape index (κ2) is 8.87.